The molecule has 0 aromatic carbocycles. The predicted molar refractivity (Wildman–Crippen MR) is 63.2 cm³/mol. The summed E-state index contributed by atoms with van der Waals surface area (Å²) < 4.78 is 0. The van der Waals surface area contributed by atoms with Crippen molar-refractivity contribution in [1.29, 1.82) is 0 Å². The fraction of sp³-hybridized carbons (Fsp3) is 0.818. The van der Waals surface area contributed by atoms with E-state index in [-0.39, 0.29) is 18.9 Å². The van der Waals surface area contributed by atoms with Crippen LogP contribution in [0.3, 0.4) is 0 Å². The molecule has 0 aromatic heterocycles. The molecule has 6 heteroatoms. The molecular weight excluding hydrogens is 222 g/mol. The molecule has 0 aromatic rings. The van der Waals surface area contributed by atoms with Crippen molar-refractivity contribution in [3.8, 4) is 0 Å². The van der Waals surface area contributed by atoms with Crippen LogP contribution in [0.2, 0.25) is 0 Å². The van der Waals surface area contributed by atoms with Gasteiger partial charge in [-0.2, -0.15) is 0 Å². The lowest BCUT2D eigenvalue weighted by molar-refractivity contribution is -0.138. The number of nitrogens with one attached hydrogen (secondary N) is 1. The Kier molecular flexibility index (Phi) is 4.89. The normalized spacial score (nSPS) is 20.6. The van der Waals surface area contributed by atoms with Crippen LogP contribution in [-0.4, -0.2) is 35.1 Å². The van der Waals surface area contributed by atoms with E-state index in [2.05, 4.69) is 5.32 Å². The molecule has 0 saturated heterocycles. The largest absolute Gasteiger partial charge is 0.480 e. The van der Waals surface area contributed by atoms with Gasteiger partial charge in [-0.1, -0.05) is 19.3 Å². The highest BCUT2D eigenvalue weighted by Crippen LogP contribution is 2.28. The summed E-state index contributed by atoms with van der Waals surface area (Å²) in [5.41, 5.74) is 11.0. The van der Waals surface area contributed by atoms with E-state index in [1.165, 1.54) is 6.42 Å². The summed E-state index contributed by atoms with van der Waals surface area (Å²) in [4.78, 5) is 22.1. The van der Waals surface area contributed by atoms with E-state index in [1.54, 1.807) is 0 Å². The first-order chi connectivity index (χ1) is 7.93. The molecule has 1 atom stereocenters. The van der Waals surface area contributed by atoms with Gasteiger partial charge in [0.1, 0.15) is 6.04 Å². The summed E-state index contributed by atoms with van der Waals surface area (Å²) in [7, 11) is 0. The van der Waals surface area contributed by atoms with Gasteiger partial charge in [-0.05, 0) is 12.8 Å². The molecule has 1 saturated carbocycles. The lowest BCUT2D eigenvalue weighted by Gasteiger charge is -2.32. The fourth-order valence-electron chi connectivity index (χ4n) is 2.13. The van der Waals surface area contributed by atoms with E-state index in [9.17, 15) is 9.59 Å². The van der Waals surface area contributed by atoms with Crippen LogP contribution in [-0.2, 0) is 9.59 Å². The topological polar surface area (TPSA) is 118 Å². The Balaban J connectivity index is 2.31. The first kappa shape index (κ1) is 13.9. The van der Waals surface area contributed by atoms with E-state index in [0.717, 1.165) is 25.7 Å². The quantitative estimate of drug-likeness (QED) is 0.522. The molecule has 1 rings (SSSR count). The van der Waals surface area contributed by atoms with Crippen LogP contribution in [0.15, 0.2) is 0 Å². The summed E-state index contributed by atoms with van der Waals surface area (Å²) in [5.74, 6) is -1.34. The van der Waals surface area contributed by atoms with Gasteiger partial charge in [-0.15, -0.1) is 0 Å². The highest BCUT2D eigenvalue weighted by atomic mass is 16.4. The van der Waals surface area contributed by atoms with Gasteiger partial charge in [0.25, 0.3) is 0 Å². The Bertz CT molecular complexity index is 288. The molecule has 0 spiro atoms. The average Bonchev–Trinajstić information content (AvgIpc) is 2.26. The summed E-state index contributed by atoms with van der Waals surface area (Å²) in [6.45, 7) is -0.0513. The second kappa shape index (κ2) is 5.97. The number of carboxylic acid groups (broad SMARTS) is 1. The molecular formula is C11H21N3O3. The summed E-state index contributed by atoms with van der Waals surface area (Å²) in [6, 6.07) is -1.06. The maximum Gasteiger partial charge on any atom is 0.322 e. The van der Waals surface area contributed by atoms with Gasteiger partial charge in [0.15, 0.2) is 0 Å². The Morgan fingerprint density at radius 2 is 1.88 bits per heavy atom. The number of carbonyl (C=O) groups excluding carboxylic acids is 1. The van der Waals surface area contributed by atoms with Crippen LogP contribution >= 0.6 is 0 Å². The van der Waals surface area contributed by atoms with Crippen molar-refractivity contribution < 1.29 is 14.7 Å². The molecule has 6 N–H and O–H groups in total. The molecule has 98 valence electrons. The standard InChI is InChI=1S/C11H21N3O3/c12-8(10(16)17)7-14-9(15)6-11(13)4-2-1-3-5-11/h8H,1-7,12-13H2,(H,14,15)(H,16,17). The zero-order chi connectivity index (χ0) is 12.9. The van der Waals surface area contributed by atoms with Crippen LogP contribution in [0, 0.1) is 0 Å². The van der Waals surface area contributed by atoms with Gasteiger partial charge in [0.05, 0.1) is 0 Å². The maximum absolute atomic E-state index is 11.6. The van der Waals surface area contributed by atoms with Crippen molar-refractivity contribution >= 4 is 11.9 Å². The molecule has 0 bridgehead atoms. The van der Waals surface area contributed by atoms with E-state index >= 15 is 0 Å². The molecule has 1 aliphatic carbocycles. The highest BCUT2D eigenvalue weighted by molar-refractivity contribution is 5.79. The summed E-state index contributed by atoms with van der Waals surface area (Å²) in [6.07, 6.45) is 5.23. The first-order valence-corrected chi connectivity index (χ1v) is 5.97. The highest BCUT2D eigenvalue weighted by Gasteiger charge is 2.30. The van der Waals surface area contributed by atoms with Crippen molar-refractivity contribution in [3.63, 3.8) is 0 Å². The number of rotatable bonds is 5. The molecule has 17 heavy (non-hydrogen) atoms. The van der Waals surface area contributed by atoms with Gasteiger partial charge in [0.2, 0.25) is 5.91 Å². The van der Waals surface area contributed by atoms with Crippen LogP contribution in [0.1, 0.15) is 38.5 Å². The molecule has 0 aliphatic heterocycles. The number of hydrogen-bond acceptors (Lipinski definition) is 4. The van der Waals surface area contributed by atoms with Gasteiger partial charge >= 0.3 is 5.97 Å². The molecule has 0 radical (unpaired) electrons. The third-order valence-corrected chi connectivity index (χ3v) is 3.20. The Labute approximate surface area is 101 Å². The van der Waals surface area contributed by atoms with Crippen LogP contribution in [0.5, 0.6) is 0 Å². The Morgan fingerprint density at radius 1 is 1.29 bits per heavy atom. The Hall–Kier alpha value is -1.14. The predicted octanol–water partition coefficient (Wildman–Crippen LogP) is -0.434. The van der Waals surface area contributed by atoms with E-state index < -0.39 is 17.6 Å². The zero-order valence-electron chi connectivity index (χ0n) is 9.95. The number of amides is 1. The minimum atomic E-state index is -1.12. The van der Waals surface area contributed by atoms with Crippen molar-refractivity contribution in [1.82, 2.24) is 5.32 Å². The lowest BCUT2D eigenvalue weighted by atomic mass is 9.80. The Morgan fingerprint density at radius 3 is 2.41 bits per heavy atom. The molecule has 1 amide bonds. The average molecular weight is 243 g/mol. The van der Waals surface area contributed by atoms with E-state index in [1.807, 2.05) is 0 Å². The minimum Gasteiger partial charge on any atom is -0.480 e. The smallest absolute Gasteiger partial charge is 0.322 e. The van der Waals surface area contributed by atoms with Gasteiger partial charge in [-0.25, -0.2) is 0 Å². The molecule has 1 fully saturated rings. The van der Waals surface area contributed by atoms with Crippen molar-refractivity contribution in [2.24, 2.45) is 11.5 Å². The summed E-state index contributed by atoms with van der Waals surface area (Å²) >= 11 is 0. The number of carbonyl (C=O) groups is 2. The number of nitrogens with two attached hydrogens (primary N) is 2. The second-order valence-electron chi connectivity index (χ2n) is 4.85. The number of aliphatic carboxylic acids is 1. The lowest BCUT2D eigenvalue weighted by Crippen LogP contribution is -2.48. The van der Waals surface area contributed by atoms with Gasteiger partial charge < -0.3 is 21.9 Å². The van der Waals surface area contributed by atoms with Crippen molar-refractivity contribution in [3.05, 3.63) is 0 Å². The van der Waals surface area contributed by atoms with Crippen molar-refractivity contribution in [2.75, 3.05) is 6.54 Å². The molecule has 6 nitrogen and oxygen atoms in total. The van der Waals surface area contributed by atoms with Crippen LogP contribution < -0.4 is 16.8 Å². The zero-order valence-corrected chi connectivity index (χ0v) is 9.95. The van der Waals surface area contributed by atoms with Crippen LogP contribution in [0.4, 0.5) is 0 Å². The SMILES string of the molecule is NC(CNC(=O)CC1(N)CCCCC1)C(=O)O. The van der Waals surface area contributed by atoms with Gasteiger partial charge in [-0.3, -0.25) is 9.59 Å². The summed E-state index contributed by atoms with van der Waals surface area (Å²) in [5, 5.41) is 11.1. The maximum atomic E-state index is 11.6. The monoisotopic (exact) mass is 243 g/mol. The third-order valence-electron chi connectivity index (χ3n) is 3.20. The minimum absolute atomic E-state index is 0.0513. The molecule has 1 unspecified atom stereocenters. The van der Waals surface area contributed by atoms with Crippen LogP contribution in [0.25, 0.3) is 0 Å². The fourth-order valence-corrected chi connectivity index (χ4v) is 2.13. The van der Waals surface area contributed by atoms with E-state index in [0.29, 0.717) is 0 Å². The van der Waals surface area contributed by atoms with Gasteiger partial charge in [0, 0.05) is 18.5 Å². The van der Waals surface area contributed by atoms with Crippen molar-refractivity contribution in [2.45, 2.75) is 50.1 Å². The second-order valence-corrected chi connectivity index (χ2v) is 4.85. The number of hydrogen-bond donors (Lipinski definition) is 4. The molecule has 1 aliphatic rings. The van der Waals surface area contributed by atoms with E-state index in [4.69, 9.17) is 16.6 Å². The first-order valence-electron chi connectivity index (χ1n) is 5.97. The number of carboxylic acids is 1. The third kappa shape index (κ3) is 4.70. The molecule has 0 heterocycles.